The number of aromatic nitrogens is 3. The van der Waals surface area contributed by atoms with Gasteiger partial charge >= 0.3 is 6.18 Å². The number of carbonyl (C=O) groups is 1. The van der Waals surface area contributed by atoms with Crippen LogP contribution in [0.3, 0.4) is 0 Å². The third-order valence-electron chi connectivity index (χ3n) is 4.76. The summed E-state index contributed by atoms with van der Waals surface area (Å²) in [5, 5.41) is 18.5. The Bertz CT molecular complexity index is 1210. The number of aliphatic hydroxyl groups is 1. The Labute approximate surface area is 201 Å². The van der Waals surface area contributed by atoms with Crippen LogP contribution in [-0.4, -0.2) is 38.5 Å². The predicted molar refractivity (Wildman–Crippen MR) is 118 cm³/mol. The van der Waals surface area contributed by atoms with Gasteiger partial charge in [-0.3, -0.25) is 9.89 Å². The van der Waals surface area contributed by atoms with E-state index in [9.17, 15) is 23.1 Å². The minimum absolute atomic E-state index is 0.0231. The van der Waals surface area contributed by atoms with Gasteiger partial charge < -0.3 is 15.2 Å². The molecule has 0 bridgehead atoms. The molecule has 0 saturated heterocycles. The Hall–Kier alpha value is -2.89. The van der Waals surface area contributed by atoms with Gasteiger partial charge in [-0.25, -0.2) is 9.37 Å². The van der Waals surface area contributed by atoms with Crippen molar-refractivity contribution in [3.63, 3.8) is 0 Å². The zero-order valence-corrected chi connectivity index (χ0v) is 19.4. The highest BCUT2D eigenvalue weighted by atomic mass is 35.5. The van der Waals surface area contributed by atoms with Gasteiger partial charge in [0.2, 0.25) is 0 Å². The van der Waals surface area contributed by atoms with Gasteiger partial charge in [0.05, 0.1) is 33.8 Å². The predicted octanol–water partition coefficient (Wildman–Crippen LogP) is 5.86. The molecule has 3 rings (SSSR count). The summed E-state index contributed by atoms with van der Waals surface area (Å²) in [4.78, 5) is 17.0. The van der Waals surface area contributed by atoms with Crippen LogP contribution in [0.4, 0.5) is 23.2 Å². The van der Waals surface area contributed by atoms with Crippen molar-refractivity contribution in [3.05, 3.63) is 57.2 Å². The van der Waals surface area contributed by atoms with Gasteiger partial charge in [-0.15, -0.1) is 0 Å². The maximum atomic E-state index is 15.1. The van der Waals surface area contributed by atoms with Crippen LogP contribution < -0.4 is 10.1 Å². The molecule has 13 heteroatoms. The molecule has 0 fully saturated rings. The molecular weight excluding hydrogens is 503 g/mol. The molecule has 2 heterocycles. The van der Waals surface area contributed by atoms with Crippen molar-refractivity contribution < 1.29 is 32.2 Å². The van der Waals surface area contributed by atoms with Crippen LogP contribution in [0.25, 0.3) is 11.3 Å². The van der Waals surface area contributed by atoms with E-state index in [1.165, 1.54) is 26.0 Å². The Balaban J connectivity index is 2.12. The number of amides is 1. The lowest BCUT2D eigenvalue weighted by Gasteiger charge is -2.21. The average molecular weight is 521 g/mol. The van der Waals surface area contributed by atoms with E-state index in [0.717, 1.165) is 19.1 Å². The number of rotatable bonds is 6. The van der Waals surface area contributed by atoms with E-state index in [-0.39, 0.29) is 32.8 Å². The maximum Gasteiger partial charge on any atom is 0.425 e. The zero-order chi connectivity index (χ0) is 25.4. The molecule has 0 aliphatic heterocycles. The average Bonchev–Trinajstić information content (AvgIpc) is 3.06. The normalized spacial score (nSPS) is 13.5. The van der Waals surface area contributed by atoms with E-state index in [1.807, 2.05) is 0 Å². The Kier molecular flexibility index (Phi) is 7.39. The first-order valence-corrected chi connectivity index (χ1v) is 10.5. The Morgan fingerprint density at radius 1 is 1.24 bits per heavy atom. The lowest BCUT2D eigenvalue weighted by Crippen LogP contribution is -2.32. The number of anilines is 1. The van der Waals surface area contributed by atoms with Gasteiger partial charge in [-0.2, -0.15) is 18.3 Å². The summed E-state index contributed by atoms with van der Waals surface area (Å²) < 4.78 is 59.6. The third kappa shape index (κ3) is 5.43. The van der Waals surface area contributed by atoms with Crippen LogP contribution >= 0.6 is 23.2 Å². The summed E-state index contributed by atoms with van der Waals surface area (Å²) in [7, 11) is 0. The first-order chi connectivity index (χ1) is 15.8. The third-order valence-corrected chi connectivity index (χ3v) is 5.36. The Morgan fingerprint density at radius 3 is 2.47 bits per heavy atom. The lowest BCUT2D eigenvalue weighted by molar-refractivity contribution is -0.189. The van der Waals surface area contributed by atoms with Crippen molar-refractivity contribution in [1.29, 1.82) is 0 Å². The number of hydrogen-bond donors (Lipinski definition) is 3. The number of carbonyl (C=O) groups excluding carboxylic acids is 1. The van der Waals surface area contributed by atoms with Crippen LogP contribution in [0.15, 0.2) is 24.3 Å². The van der Waals surface area contributed by atoms with Gasteiger partial charge in [0.15, 0.2) is 6.10 Å². The smallest absolute Gasteiger partial charge is 0.425 e. The fraction of sp³-hybridized carbons (Fsp3) is 0.286. The second kappa shape index (κ2) is 9.77. The number of pyridine rings is 1. The van der Waals surface area contributed by atoms with E-state index in [4.69, 9.17) is 27.9 Å². The standard InChI is InChI=1S/C21H18Cl2F4N4O3/c1-8-17(19(23)31-30-8)29-20(33)12-6-14(24)11(7-16(12)34-10(3)21(25,26)27)15-5-4-13(22)18(28-15)9(2)32/h4-7,9-10,32H,1-3H3,(H,29,33)(H,30,31). The number of hydrogen-bond acceptors (Lipinski definition) is 5. The van der Waals surface area contributed by atoms with Crippen molar-refractivity contribution >= 4 is 34.8 Å². The van der Waals surface area contributed by atoms with Crippen LogP contribution in [-0.2, 0) is 0 Å². The molecule has 2 aromatic heterocycles. The van der Waals surface area contributed by atoms with Crippen molar-refractivity contribution in [1.82, 2.24) is 15.2 Å². The molecule has 0 saturated carbocycles. The van der Waals surface area contributed by atoms with Crippen LogP contribution in [0, 0.1) is 12.7 Å². The van der Waals surface area contributed by atoms with Gasteiger partial charge in [0, 0.05) is 5.56 Å². The highest BCUT2D eigenvalue weighted by Gasteiger charge is 2.39. The number of nitrogens with zero attached hydrogens (tertiary/aromatic N) is 2. The second-order valence-electron chi connectivity index (χ2n) is 7.32. The molecule has 0 aliphatic rings. The molecule has 3 N–H and O–H groups in total. The zero-order valence-electron chi connectivity index (χ0n) is 17.9. The minimum atomic E-state index is -4.76. The minimum Gasteiger partial charge on any atom is -0.480 e. The van der Waals surface area contributed by atoms with Crippen molar-refractivity contribution in [2.75, 3.05) is 5.32 Å². The summed E-state index contributed by atoms with van der Waals surface area (Å²) in [6.45, 7) is 3.66. The SMILES string of the molecule is Cc1n[nH]c(Cl)c1NC(=O)c1cc(F)c(-c2ccc(Cl)c(C(C)O)n2)cc1OC(C)C(F)(F)F. The largest absolute Gasteiger partial charge is 0.480 e. The van der Waals surface area contributed by atoms with E-state index in [2.05, 4.69) is 20.5 Å². The van der Waals surface area contributed by atoms with Crippen LogP contribution in [0.2, 0.25) is 10.2 Å². The summed E-state index contributed by atoms with van der Waals surface area (Å²) in [5.41, 5.74) is -0.403. The number of halogens is 6. The fourth-order valence-corrected chi connectivity index (χ4v) is 3.40. The summed E-state index contributed by atoms with van der Waals surface area (Å²) in [5.74, 6) is -2.50. The van der Waals surface area contributed by atoms with Gasteiger partial charge in [0.1, 0.15) is 22.4 Å². The van der Waals surface area contributed by atoms with Crippen molar-refractivity contribution in [3.8, 4) is 17.0 Å². The number of aromatic amines is 1. The molecule has 0 radical (unpaired) electrons. The molecule has 2 unspecified atom stereocenters. The van der Waals surface area contributed by atoms with Gasteiger partial charge in [0.25, 0.3) is 5.91 Å². The number of H-pyrrole nitrogens is 1. The number of nitrogens with one attached hydrogen (secondary N) is 2. The fourth-order valence-electron chi connectivity index (χ4n) is 2.91. The monoisotopic (exact) mass is 520 g/mol. The number of benzene rings is 1. The highest BCUT2D eigenvalue weighted by Crippen LogP contribution is 2.35. The number of ether oxygens (including phenoxy) is 1. The van der Waals surface area contributed by atoms with Crippen LogP contribution in [0.5, 0.6) is 5.75 Å². The molecular formula is C21H18Cl2F4N4O3. The lowest BCUT2D eigenvalue weighted by atomic mass is 10.0. The van der Waals surface area contributed by atoms with E-state index in [0.29, 0.717) is 5.69 Å². The van der Waals surface area contributed by atoms with Crippen molar-refractivity contribution in [2.24, 2.45) is 0 Å². The summed E-state index contributed by atoms with van der Waals surface area (Å²) in [6, 6.07) is 4.33. The molecule has 0 aliphatic carbocycles. The molecule has 182 valence electrons. The number of aliphatic hydroxyl groups excluding tert-OH is 1. The molecule has 0 spiro atoms. The maximum absolute atomic E-state index is 15.1. The molecule has 7 nitrogen and oxygen atoms in total. The van der Waals surface area contributed by atoms with E-state index < -0.39 is 41.4 Å². The van der Waals surface area contributed by atoms with Gasteiger partial charge in [-0.05, 0) is 45.0 Å². The number of aryl methyl sites for hydroxylation is 1. The molecule has 34 heavy (non-hydrogen) atoms. The van der Waals surface area contributed by atoms with Gasteiger partial charge in [-0.1, -0.05) is 23.2 Å². The first kappa shape index (κ1) is 25.7. The van der Waals surface area contributed by atoms with Crippen LogP contribution in [0.1, 0.15) is 41.7 Å². The van der Waals surface area contributed by atoms with Crippen molar-refractivity contribution in [2.45, 2.75) is 39.2 Å². The topological polar surface area (TPSA) is 100 Å². The van der Waals surface area contributed by atoms with E-state index in [1.54, 1.807) is 0 Å². The Morgan fingerprint density at radius 2 is 1.91 bits per heavy atom. The molecule has 1 aromatic carbocycles. The molecule has 1 amide bonds. The highest BCUT2D eigenvalue weighted by molar-refractivity contribution is 6.33. The summed E-state index contributed by atoms with van der Waals surface area (Å²) >= 11 is 11.9. The number of alkyl halides is 3. The van der Waals surface area contributed by atoms with E-state index >= 15 is 4.39 Å². The molecule has 2 atom stereocenters. The second-order valence-corrected chi connectivity index (χ2v) is 8.11. The quantitative estimate of drug-likeness (QED) is 0.353. The first-order valence-electron chi connectivity index (χ1n) is 9.73. The summed E-state index contributed by atoms with van der Waals surface area (Å²) in [6.07, 6.45) is -8.17. The molecule has 3 aromatic rings.